The van der Waals surface area contributed by atoms with Crippen molar-refractivity contribution in [1.82, 2.24) is 10.3 Å². The molecule has 1 rings (SSSR count). The lowest BCUT2D eigenvalue weighted by Gasteiger charge is -2.20. The molecule has 15 heavy (non-hydrogen) atoms. The number of aromatic carboxylic acids is 1. The molecule has 82 valence electrons. The summed E-state index contributed by atoms with van der Waals surface area (Å²) in [6, 6.07) is 5.00. The second kappa shape index (κ2) is 4.40. The normalized spacial score (nSPS) is 11.4. The minimum Gasteiger partial charge on any atom is -0.477 e. The molecule has 0 aliphatic rings. The number of hydrogen-bond acceptors (Lipinski definition) is 3. The third kappa shape index (κ3) is 4.08. The van der Waals surface area contributed by atoms with Gasteiger partial charge in [-0.2, -0.15) is 0 Å². The summed E-state index contributed by atoms with van der Waals surface area (Å²) in [5.74, 6) is -0.993. The van der Waals surface area contributed by atoms with Gasteiger partial charge in [0.05, 0.1) is 5.69 Å². The van der Waals surface area contributed by atoms with Gasteiger partial charge in [0.25, 0.3) is 0 Å². The standard InChI is InChI=1S/C11H16N2O2/c1-11(2,3)12-7-8-5-4-6-9(13-8)10(14)15/h4-6,12H,7H2,1-3H3,(H,14,15). The number of nitrogens with one attached hydrogen (secondary N) is 1. The monoisotopic (exact) mass is 208 g/mol. The van der Waals surface area contributed by atoms with Crippen LogP contribution in [0.2, 0.25) is 0 Å². The third-order valence-electron chi connectivity index (χ3n) is 1.83. The average Bonchev–Trinajstić information content (AvgIpc) is 2.14. The van der Waals surface area contributed by atoms with Crippen LogP contribution in [0.15, 0.2) is 18.2 Å². The van der Waals surface area contributed by atoms with Crippen molar-refractivity contribution < 1.29 is 9.90 Å². The number of carboxylic acid groups (broad SMARTS) is 1. The fourth-order valence-corrected chi connectivity index (χ4v) is 1.05. The third-order valence-corrected chi connectivity index (χ3v) is 1.83. The summed E-state index contributed by atoms with van der Waals surface area (Å²) in [4.78, 5) is 14.7. The van der Waals surface area contributed by atoms with E-state index in [1.54, 1.807) is 6.07 Å². The molecule has 1 aromatic rings. The number of carboxylic acids is 1. The van der Waals surface area contributed by atoms with E-state index in [2.05, 4.69) is 10.3 Å². The van der Waals surface area contributed by atoms with Crippen LogP contribution >= 0.6 is 0 Å². The Kier molecular flexibility index (Phi) is 3.42. The van der Waals surface area contributed by atoms with Crippen molar-refractivity contribution in [2.45, 2.75) is 32.9 Å². The molecular weight excluding hydrogens is 192 g/mol. The molecule has 0 unspecified atom stereocenters. The molecule has 4 heteroatoms. The van der Waals surface area contributed by atoms with E-state index >= 15 is 0 Å². The fraction of sp³-hybridized carbons (Fsp3) is 0.455. The summed E-state index contributed by atoms with van der Waals surface area (Å²) >= 11 is 0. The van der Waals surface area contributed by atoms with E-state index in [-0.39, 0.29) is 11.2 Å². The van der Waals surface area contributed by atoms with Gasteiger partial charge in [-0.1, -0.05) is 6.07 Å². The van der Waals surface area contributed by atoms with Gasteiger partial charge in [0, 0.05) is 12.1 Å². The number of nitrogens with zero attached hydrogens (tertiary/aromatic N) is 1. The highest BCUT2D eigenvalue weighted by Gasteiger charge is 2.10. The maximum Gasteiger partial charge on any atom is 0.354 e. The minimum atomic E-state index is -0.993. The predicted octanol–water partition coefficient (Wildman–Crippen LogP) is 1.67. The molecule has 0 aromatic carbocycles. The SMILES string of the molecule is CC(C)(C)NCc1cccc(C(=O)O)n1. The number of carbonyl (C=O) groups is 1. The van der Waals surface area contributed by atoms with E-state index in [1.807, 2.05) is 26.8 Å². The van der Waals surface area contributed by atoms with E-state index in [0.29, 0.717) is 6.54 Å². The molecule has 0 fully saturated rings. The van der Waals surface area contributed by atoms with Crippen molar-refractivity contribution in [1.29, 1.82) is 0 Å². The Morgan fingerprint density at radius 3 is 2.67 bits per heavy atom. The largest absolute Gasteiger partial charge is 0.477 e. The maximum atomic E-state index is 10.7. The lowest BCUT2D eigenvalue weighted by molar-refractivity contribution is 0.0690. The van der Waals surface area contributed by atoms with Crippen LogP contribution in [-0.4, -0.2) is 21.6 Å². The van der Waals surface area contributed by atoms with E-state index in [1.165, 1.54) is 6.07 Å². The van der Waals surface area contributed by atoms with Gasteiger partial charge in [0.15, 0.2) is 0 Å². The van der Waals surface area contributed by atoms with Gasteiger partial charge in [-0.15, -0.1) is 0 Å². The second-order valence-corrected chi connectivity index (χ2v) is 4.42. The molecule has 1 aromatic heterocycles. The number of hydrogen-bond donors (Lipinski definition) is 2. The lowest BCUT2D eigenvalue weighted by Crippen LogP contribution is -2.35. The van der Waals surface area contributed by atoms with Crippen LogP contribution in [0, 0.1) is 0 Å². The molecule has 4 nitrogen and oxygen atoms in total. The molecule has 0 saturated heterocycles. The van der Waals surface area contributed by atoms with Crippen LogP contribution in [0.5, 0.6) is 0 Å². The molecule has 0 spiro atoms. The summed E-state index contributed by atoms with van der Waals surface area (Å²) in [6.07, 6.45) is 0. The van der Waals surface area contributed by atoms with Crippen LogP contribution in [0.3, 0.4) is 0 Å². The maximum absolute atomic E-state index is 10.7. The Labute approximate surface area is 89.3 Å². The predicted molar refractivity (Wildman–Crippen MR) is 57.8 cm³/mol. The molecule has 2 N–H and O–H groups in total. The first-order valence-corrected chi connectivity index (χ1v) is 4.83. The van der Waals surface area contributed by atoms with E-state index in [0.717, 1.165) is 5.69 Å². The average molecular weight is 208 g/mol. The first-order chi connectivity index (χ1) is 6.88. The minimum absolute atomic E-state index is 0.000901. The first-order valence-electron chi connectivity index (χ1n) is 4.83. The Hall–Kier alpha value is -1.42. The van der Waals surface area contributed by atoms with Crippen LogP contribution < -0.4 is 5.32 Å². The van der Waals surface area contributed by atoms with Crippen LogP contribution in [0.25, 0.3) is 0 Å². The number of rotatable bonds is 3. The van der Waals surface area contributed by atoms with E-state index in [4.69, 9.17) is 5.11 Å². The van der Waals surface area contributed by atoms with Gasteiger partial charge >= 0.3 is 5.97 Å². The summed E-state index contributed by atoms with van der Waals surface area (Å²) in [5.41, 5.74) is 0.828. The summed E-state index contributed by atoms with van der Waals surface area (Å²) in [7, 11) is 0. The summed E-state index contributed by atoms with van der Waals surface area (Å²) in [5, 5.41) is 12.0. The molecular formula is C11H16N2O2. The first kappa shape index (κ1) is 11.7. The Morgan fingerprint density at radius 1 is 1.47 bits per heavy atom. The van der Waals surface area contributed by atoms with Crippen molar-refractivity contribution in [3.63, 3.8) is 0 Å². The molecule has 0 aliphatic carbocycles. The van der Waals surface area contributed by atoms with Crippen molar-refractivity contribution in [3.8, 4) is 0 Å². The lowest BCUT2D eigenvalue weighted by atomic mass is 10.1. The Bertz CT molecular complexity index is 356. The zero-order chi connectivity index (χ0) is 11.5. The van der Waals surface area contributed by atoms with Crippen LogP contribution in [-0.2, 0) is 6.54 Å². The number of aromatic nitrogens is 1. The van der Waals surface area contributed by atoms with Crippen LogP contribution in [0.4, 0.5) is 0 Å². The molecule has 0 amide bonds. The van der Waals surface area contributed by atoms with Crippen molar-refractivity contribution >= 4 is 5.97 Å². The molecule has 0 bridgehead atoms. The Morgan fingerprint density at radius 2 is 2.13 bits per heavy atom. The Balaban J connectivity index is 2.70. The highest BCUT2D eigenvalue weighted by Crippen LogP contribution is 2.03. The summed E-state index contributed by atoms with van der Waals surface area (Å²) in [6.45, 7) is 6.72. The van der Waals surface area contributed by atoms with Crippen LogP contribution in [0.1, 0.15) is 37.0 Å². The number of pyridine rings is 1. The smallest absolute Gasteiger partial charge is 0.354 e. The molecule has 0 radical (unpaired) electrons. The van der Waals surface area contributed by atoms with Gasteiger partial charge in [-0.3, -0.25) is 0 Å². The highest BCUT2D eigenvalue weighted by atomic mass is 16.4. The van der Waals surface area contributed by atoms with E-state index in [9.17, 15) is 4.79 Å². The van der Waals surface area contributed by atoms with Gasteiger partial charge < -0.3 is 10.4 Å². The topological polar surface area (TPSA) is 62.2 Å². The zero-order valence-electron chi connectivity index (χ0n) is 9.24. The fourth-order valence-electron chi connectivity index (χ4n) is 1.05. The molecule has 1 heterocycles. The summed E-state index contributed by atoms with van der Waals surface area (Å²) < 4.78 is 0. The second-order valence-electron chi connectivity index (χ2n) is 4.42. The van der Waals surface area contributed by atoms with Gasteiger partial charge in [-0.05, 0) is 32.9 Å². The van der Waals surface area contributed by atoms with Crippen molar-refractivity contribution in [2.24, 2.45) is 0 Å². The van der Waals surface area contributed by atoms with Gasteiger partial charge in [0.2, 0.25) is 0 Å². The molecule has 0 atom stereocenters. The zero-order valence-corrected chi connectivity index (χ0v) is 9.24. The molecule has 0 saturated carbocycles. The van der Waals surface area contributed by atoms with E-state index < -0.39 is 5.97 Å². The highest BCUT2D eigenvalue weighted by molar-refractivity contribution is 5.85. The van der Waals surface area contributed by atoms with Gasteiger partial charge in [0.1, 0.15) is 5.69 Å². The van der Waals surface area contributed by atoms with Gasteiger partial charge in [-0.25, -0.2) is 9.78 Å². The van der Waals surface area contributed by atoms with Crippen molar-refractivity contribution in [3.05, 3.63) is 29.6 Å². The quantitative estimate of drug-likeness (QED) is 0.793. The molecule has 0 aliphatic heterocycles. The van der Waals surface area contributed by atoms with Crippen molar-refractivity contribution in [2.75, 3.05) is 0 Å².